The third-order valence-electron chi connectivity index (χ3n) is 3.39. The number of hydrogen-bond acceptors (Lipinski definition) is 4. The molecule has 2 aromatic heterocycles. The van der Waals surface area contributed by atoms with Crippen LogP contribution in [0.2, 0.25) is 5.15 Å². The average Bonchev–Trinajstić information content (AvgIpc) is 3.12. The molecule has 1 atom stereocenters. The Labute approximate surface area is 125 Å². The maximum atomic E-state index is 12.0. The summed E-state index contributed by atoms with van der Waals surface area (Å²) in [6.07, 6.45) is 3.29. The van der Waals surface area contributed by atoms with Gasteiger partial charge in [-0.25, -0.2) is 4.98 Å². The molecular formula is C13H14ClN5O2. The number of aromatic nitrogens is 2. The number of pyridine rings is 1. The van der Waals surface area contributed by atoms with E-state index >= 15 is 0 Å². The van der Waals surface area contributed by atoms with Gasteiger partial charge in [-0.15, -0.1) is 0 Å². The van der Waals surface area contributed by atoms with Crippen LogP contribution in [0.3, 0.4) is 0 Å². The second kappa shape index (κ2) is 5.71. The van der Waals surface area contributed by atoms with Crippen molar-refractivity contribution in [1.29, 1.82) is 0 Å². The standard InChI is InChI=1S/C13H14ClN5O2/c14-11-5-7-4-9(17-10(7)6-16-11)13(21)19-18-12(20)8-2-1-3-15-8/h4-6,8,15,17H,1-3H2,(H,18,20)(H,19,21)/t8-/m0/s1. The lowest BCUT2D eigenvalue weighted by Gasteiger charge is -2.11. The van der Waals surface area contributed by atoms with Gasteiger partial charge >= 0.3 is 0 Å². The number of rotatable bonds is 2. The molecule has 1 aliphatic heterocycles. The monoisotopic (exact) mass is 307 g/mol. The number of carbonyl (C=O) groups excluding carboxylic acids is 2. The molecule has 8 heteroatoms. The molecule has 21 heavy (non-hydrogen) atoms. The van der Waals surface area contributed by atoms with Crippen molar-refractivity contribution in [3.05, 3.63) is 29.2 Å². The first-order valence-corrected chi connectivity index (χ1v) is 6.99. The van der Waals surface area contributed by atoms with Crippen LogP contribution in [0.15, 0.2) is 18.3 Å². The molecule has 1 saturated heterocycles. The van der Waals surface area contributed by atoms with Gasteiger partial charge in [0.2, 0.25) is 0 Å². The fraction of sp³-hybridized carbons (Fsp3) is 0.308. The van der Waals surface area contributed by atoms with E-state index < -0.39 is 5.91 Å². The molecule has 0 spiro atoms. The van der Waals surface area contributed by atoms with Crippen molar-refractivity contribution in [2.75, 3.05) is 6.54 Å². The summed E-state index contributed by atoms with van der Waals surface area (Å²) in [5.41, 5.74) is 5.83. The maximum absolute atomic E-state index is 12.0. The van der Waals surface area contributed by atoms with Crippen LogP contribution in [0, 0.1) is 0 Å². The van der Waals surface area contributed by atoms with E-state index in [4.69, 9.17) is 11.6 Å². The highest BCUT2D eigenvalue weighted by atomic mass is 35.5. The van der Waals surface area contributed by atoms with Gasteiger partial charge in [-0.3, -0.25) is 20.4 Å². The molecule has 3 heterocycles. The van der Waals surface area contributed by atoms with Crippen molar-refractivity contribution in [3.8, 4) is 0 Å². The molecule has 0 aliphatic carbocycles. The number of hydrazine groups is 1. The molecule has 0 radical (unpaired) electrons. The Morgan fingerprint density at radius 1 is 1.33 bits per heavy atom. The van der Waals surface area contributed by atoms with E-state index in [9.17, 15) is 9.59 Å². The number of fused-ring (bicyclic) bond motifs is 1. The molecule has 0 unspecified atom stereocenters. The van der Waals surface area contributed by atoms with Gasteiger partial charge in [0, 0.05) is 5.39 Å². The van der Waals surface area contributed by atoms with E-state index in [2.05, 4.69) is 26.1 Å². The van der Waals surface area contributed by atoms with E-state index in [0.717, 1.165) is 24.8 Å². The zero-order chi connectivity index (χ0) is 14.8. The summed E-state index contributed by atoms with van der Waals surface area (Å²) < 4.78 is 0. The third-order valence-corrected chi connectivity index (χ3v) is 3.60. The molecule has 4 N–H and O–H groups in total. The third kappa shape index (κ3) is 2.98. The predicted octanol–water partition coefficient (Wildman–Crippen LogP) is 0.729. The van der Waals surface area contributed by atoms with E-state index in [1.165, 1.54) is 0 Å². The van der Waals surface area contributed by atoms with Crippen LogP contribution < -0.4 is 16.2 Å². The first-order chi connectivity index (χ1) is 10.1. The summed E-state index contributed by atoms with van der Waals surface area (Å²) in [5.74, 6) is -0.657. The number of carbonyl (C=O) groups is 2. The number of aromatic amines is 1. The van der Waals surface area contributed by atoms with Gasteiger partial charge in [-0.05, 0) is 31.5 Å². The lowest BCUT2D eigenvalue weighted by Crippen LogP contribution is -2.49. The van der Waals surface area contributed by atoms with Gasteiger partial charge in [0.05, 0.1) is 17.8 Å². The minimum atomic E-state index is -0.423. The Kier molecular flexibility index (Phi) is 3.76. The van der Waals surface area contributed by atoms with E-state index in [-0.39, 0.29) is 11.9 Å². The molecule has 7 nitrogen and oxygen atoms in total. The van der Waals surface area contributed by atoms with Gasteiger partial charge in [-0.2, -0.15) is 0 Å². The van der Waals surface area contributed by atoms with Crippen molar-refractivity contribution in [2.45, 2.75) is 18.9 Å². The predicted molar refractivity (Wildman–Crippen MR) is 77.7 cm³/mol. The zero-order valence-electron chi connectivity index (χ0n) is 11.1. The van der Waals surface area contributed by atoms with Gasteiger partial charge in [0.15, 0.2) is 0 Å². The lowest BCUT2D eigenvalue weighted by atomic mass is 10.2. The SMILES string of the molecule is O=C(NNC(=O)[C@@H]1CCCN1)c1cc2cc(Cl)ncc2[nH]1. The van der Waals surface area contributed by atoms with Gasteiger partial charge in [-0.1, -0.05) is 11.6 Å². The Morgan fingerprint density at radius 3 is 2.95 bits per heavy atom. The van der Waals surface area contributed by atoms with Gasteiger partial charge < -0.3 is 10.3 Å². The van der Waals surface area contributed by atoms with Crippen molar-refractivity contribution < 1.29 is 9.59 Å². The first kappa shape index (κ1) is 13.8. The Bertz CT molecular complexity index is 693. The summed E-state index contributed by atoms with van der Waals surface area (Å²) in [7, 11) is 0. The molecule has 110 valence electrons. The lowest BCUT2D eigenvalue weighted by molar-refractivity contribution is -0.123. The quantitative estimate of drug-likeness (QED) is 0.485. The highest BCUT2D eigenvalue weighted by Gasteiger charge is 2.22. The summed E-state index contributed by atoms with van der Waals surface area (Å²) in [6, 6.07) is 3.07. The van der Waals surface area contributed by atoms with E-state index in [0.29, 0.717) is 16.4 Å². The topological polar surface area (TPSA) is 98.9 Å². The van der Waals surface area contributed by atoms with Crippen LogP contribution in [0.25, 0.3) is 10.9 Å². The molecule has 1 fully saturated rings. The number of hydrogen-bond donors (Lipinski definition) is 4. The van der Waals surface area contributed by atoms with Crippen LogP contribution in [-0.4, -0.2) is 34.4 Å². The molecule has 1 aliphatic rings. The Balaban J connectivity index is 1.65. The fourth-order valence-electron chi connectivity index (χ4n) is 2.31. The minimum Gasteiger partial charge on any atom is -0.349 e. The largest absolute Gasteiger partial charge is 0.349 e. The van der Waals surface area contributed by atoms with Crippen LogP contribution in [-0.2, 0) is 4.79 Å². The Morgan fingerprint density at radius 2 is 2.19 bits per heavy atom. The number of nitrogens with one attached hydrogen (secondary N) is 4. The minimum absolute atomic E-state index is 0.235. The summed E-state index contributed by atoms with van der Waals surface area (Å²) in [4.78, 5) is 30.6. The van der Waals surface area contributed by atoms with E-state index in [1.807, 2.05) is 0 Å². The van der Waals surface area contributed by atoms with Crippen LogP contribution in [0.1, 0.15) is 23.3 Å². The number of halogens is 1. The number of amides is 2. The van der Waals surface area contributed by atoms with Crippen molar-refractivity contribution in [3.63, 3.8) is 0 Å². The van der Waals surface area contributed by atoms with E-state index in [1.54, 1.807) is 18.3 Å². The molecule has 2 aromatic rings. The molecule has 2 amide bonds. The van der Waals surface area contributed by atoms with Crippen LogP contribution >= 0.6 is 11.6 Å². The van der Waals surface area contributed by atoms with Gasteiger partial charge in [0.25, 0.3) is 11.8 Å². The molecule has 3 rings (SSSR count). The normalized spacial score (nSPS) is 17.9. The number of nitrogens with zero attached hydrogens (tertiary/aromatic N) is 1. The highest BCUT2D eigenvalue weighted by molar-refractivity contribution is 6.30. The maximum Gasteiger partial charge on any atom is 0.286 e. The Hall–Kier alpha value is -2.12. The smallest absolute Gasteiger partial charge is 0.286 e. The summed E-state index contributed by atoms with van der Waals surface area (Å²) in [5, 5.41) is 4.19. The summed E-state index contributed by atoms with van der Waals surface area (Å²) >= 11 is 5.79. The fourth-order valence-corrected chi connectivity index (χ4v) is 2.47. The number of H-pyrrole nitrogens is 1. The van der Waals surface area contributed by atoms with Crippen LogP contribution in [0.4, 0.5) is 0 Å². The van der Waals surface area contributed by atoms with Crippen molar-refractivity contribution >= 4 is 34.3 Å². The molecule has 0 bridgehead atoms. The molecule has 0 saturated carbocycles. The van der Waals surface area contributed by atoms with Gasteiger partial charge in [0.1, 0.15) is 10.8 Å². The second-order valence-corrected chi connectivity index (χ2v) is 5.26. The molecular weight excluding hydrogens is 294 g/mol. The molecule has 0 aromatic carbocycles. The summed E-state index contributed by atoms with van der Waals surface area (Å²) in [6.45, 7) is 0.821. The highest BCUT2D eigenvalue weighted by Crippen LogP contribution is 2.17. The second-order valence-electron chi connectivity index (χ2n) is 4.87. The average molecular weight is 308 g/mol. The van der Waals surface area contributed by atoms with Crippen LogP contribution in [0.5, 0.6) is 0 Å². The van der Waals surface area contributed by atoms with Crippen molar-refractivity contribution in [1.82, 2.24) is 26.1 Å². The van der Waals surface area contributed by atoms with Crippen molar-refractivity contribution in [2.24, 2.45) is 0 Å². The first-order valence-electron chi connectivity index (χ1n) is 6.61. The zero-order valence-corrected chi connectivity index (χ0v) is 11.8.